The van der Waals surface area contributed by atoms with Crippen LogP contribution in [0.25, 0.3) is 16.9 Å². The Bertz CT molecular complexity index is 1250. The lowest BCUT2D eigenvalue weighted by Gasteiger charge is -2.31. The predicted octanol–water partition coefficient (Wildman–Crippen LogP) is 5.56. The molecule has 3 aromatic heterocycles. The SMILES string of the molecule is CCN1C(=O)N[C@@H](CCC(F)(F)F)CCCCCOc2nc(cn3ccnc23)-c2cc(cnc2OC)[C@H]1C. The van der Waals surface area contributed by atoms with Crippen LogP contribution >= 0.6 is 0 Å². The highest BCUT2D eigenvalue weighted by Gasteiger charge is 2.30. The molecule has 0 radical (unpaired) electrons. The monoisotopic (exact) mass is 534 g/mol. The molecule has 4 heterocycles. The van der Waals surface area contributed by atoms with E-state index in [1.807, 2.05) is 30.5 Å². The smallest absolute Gasteiger partial charge is 0.389 e. The van der Waals surface area contributed by atoms with Crippen LogP contribution in [0.15, 0.2) is 30.9 Å². The molecule has 1 aliphatic rings. The van der Waals surface area contributed by atoms with E-state index in [2.05, 4.69) is 15.3 Å². The number of amides is 2. The van der Waals surface area contributed by atoms with Crippen LogP contribution in [0, 0.1) is 0 Å². The van der Waals surface area contributed by atoms with Crippen molar-refractivity contribution in [2.75, 3.05) is 20.3 Å². The third-order valence-electron chi connectivity index (χ3n) is 6.78. The van der Waals surface area contributed by atoms with E-state index >= 15 is 0 Å². The summed E-state index contributed by atoms with van der Waals surface area (Å²) < 4.78 is 52.2. The second-order valence-electron chi connectivity index (χ2n) is 9.37. The van der Waals surface area contributed by atoms with Gasteiger partial charge in [0, 0.05) is 43.8 Å². The van der Waals surface area contributed by atoms with Crippen LogP contribution in [0.1, 0.15) is 64.0 Å². The Morgan fingerprint density at radius 3 is 2.79 bits per heavy atom. The Balaban J connectivity index is 1.72. The molecule has 0 saturated heterocycles. The number of carbonyl (C=O) groups is 1. The van der Waals surface area contributed by atoms with E-state index in [1.54, 1.807) is 23.5 Å². The fraction of sp³-hybridized carbons (Fsp3) is 0.538. The number of halogens is 3. The molecule has 2 atom stereocenters. The van der Waals surface area contributed by atoms with Crippen molar-refractivity contribution in [2.45, 2.75) is 70.6 Å². The third kappa shape index (κ3) is 6.46. The molecule has 1 N–H and O–H groups in total. The van der Waals surface area contributed by atoms with Gasteiger partial charge in [-0.25, -0.2) is 19.7 Å². The summed E-state index contributed by atoms with van der Waals surface area (Å²) in [6.07, 6.45) is 4.01. The van der Waals surface area contributed by atoms with Gasteiger partial charge in [-0.1, -0.05) is 6.42 Å². The molecule has 0 saturated carbocycles. The van der Waals surface area contributed by atoms with Gasteiger partial charge in [-0.2, -0.15) is 13.2 Å². The number of hydrogen-bond acceptors (Lipinski definition) is 6. The van der Waals surface area contributed by atoms with Gasteiger partial charge in [0.2, 0.25) is 11.5 Å². The lowest BCUT2D eigenvalue weighted by molar-refractivity contribution is -0.136. The van der Waals surface area contributed by atoms with E-state index in [9.17, 15) is 18.0 Å². The summed E-state index contributed by atoms with van der Waals surface area (Å²) in [5.74, 6) is 0.726. The standard InChI is InChI=1S/C26H33F3N6O3/c1-4-35-17(2)18-14-20(23(37-3)31-15-18)21-16-34-12-11-30-22(34)24(33-21)38-13-7-5-6-8-19(32-25(35)36)9-10-26(27,28)29/h11-12,14-17,19H,4-10,13H2,1-3H3,(H,32,36)/t17-,19-/m1/s1. The van der Waals surface area contributed by atoms with Gasteiger partial charge in [0.05, 0.1) is 31.0 Å². The number of hydrogen-bond donors (Lipinski definition) is 1. The van der Waals surface area contributed by atoms with Crippen molar-refractivity contribution in [3.8, 4) is 23.0 Å². The molecule has 4 rings (SSSR count). The normalized spacial score (nSPS) is 19.5. The first-order chi connectivity index (χ1) is 18.2. The van der Waals surface area contributed by atoms with E-state index in [-0.39, 0.29) is 6.42 Å². The summed E-state index contributed by atoms with van der Waals surface area (Å²) in [5.41, 5.74) is 2.47. The average Bonchev–Trinajstić information content (AvgIpc) is 3.37. The van der Waals surface area contributed by atoms with Gasteiger partial charge < -0.3 is 24.1 Å². The molecule has 0 aliphatic carbocycles. The first-order valence-corrected chi connectivity index (χ1v) is 12.8. The van der Waals surface area contributed by atoms with Crippen molar-refractivity contribution < 1.29 is 27.4 Å². The molecule has 2 amide bonds. The highest BCUT2D eigenvalue weighted by Crippen LogP contribution is 2.33. The maximum atomic E-state index is 13.3. The molecule has 3 aromatic rings. The number of rotatable bonds is 4. The first kappa shape index (κ1) is 27.5. The Hall–Kier alpha value is -3.57. The minimum atomic E-state index is -4.28. The van der Waals surface area contributed by atoms with Gasteiger partial charge in [0.15, 0.2) is 0 Å². The number of pyridine rings is 1. The maximum Gasteiger partial charge on any atom is 0.389 e. The third-order valence-corrected chi connectivity index (χ3v) is 6.78. The molecule has 0 aromatic carbocycles. The fourth-order valence-electron chi connectivity index (χ4n) is 4.67. The van der Waals surface area contributed by atoms with Gasteiger partial charge in [-0.05, 0) is 51.2 Å². The zero-order chi connectivity index (χ0) is 27.3. The van der Waals surface area contributed by atoms with E-state index in [1.165, 1.54) is 7.11 Å². The van der Waals surface area contributed by atoms with Crippen LogP contribution in [0.5, 0.6) is 11.8 Å². The van der Waals surface area contributed by atoms with Crippen molar-refractivity contribution in [3.05, 3.63) is 36.4 Å². The average molecular weight is 535 g/mol. The minimum absolute atomic E-state index is 0.167. The van der Waals surface area contributed by atoms with Gasteiger partial charge >= 0.3 is 12.2 Å². The molecular weight excluding hydrogens is 501 g/mol. The molecule has 0 unspecified atom stereocenters. The molecule has 4 bridgehead atoms. The van der Waals surface area contributed by atoms with Crippen molar-refractivity contribution in [1.29, 1.82) is 0 Å². The van der Waals surface area contributed by atoms with Crippen LogP contribution in [0.3, 0.4) is 0 Å². The quantitative estimate of drug-likeness (QED) is 0.471. The number of urea groups is 1. The number of ether oxygens (including phenoxy) is 2. The second kappa shape index (κ2) is 11.9. The number of methoxy groups -OCH3 is 1. The van der Waals surface area contributed by atoms with Crippen molar-refractivity contribution in [1.82, 2.24) is 29.6 Å². The molecule has 1 aliphatic heterocycles. The largest absolute Gasteiger partial charge is 0.481 e. The van der Waals surface area contributed by atoms with Crippen LogP contribution in [0.4, 0.5) is 18.0 Å². The molecule has 206 valence electrons. The summed E-state index contributed by atoms with van der Waals surface area (Å²) >= 11 is 0. The molecule has 38 heavy (non-hydrogen) atoms. The Morgan fingerprint density at radius 1 is 1.24 bits per heavy atom. The molecule has 9 nitrogen and oxygen atoms in total. The van der Waals surface area contributed by atoms with Crippen molar-refractivity contribution >= 4 is 11.7 Å². The van der Waals surface area contributed by atoms with Crippen molar-refractivity contribution in [3.63, 3.8) is 0 Å². The predicted molar refractivity (Wildman–Crippen MR) is 135 cm³/mol. The number of carbonyl (C=O) groups excluding carboxylic acids is 1. The highest BCUT2D eigenvalue weighted by molar-refractivity contribution is 5.75. The molecule has 0 spiro atoms. The van der Waals surface area contributed by atoms with E-state index in [4.69, 9.17) is 14.5 Å². The summed E-state index contributed by atoms with van der Waals surface area (Å²) in [6, 6.07) is 0.453. The molecule has 12 heteroatoms. The molecular formula is C26H33F3N6O3. The Morgan fingerprint density at radius 2 is 2.05 bits per heavy atom. The zero-order valence-corrected chi connectivity index (χ0v) is 21.8. The van der Waals surface area contributed by atoms with E-state index in [0.717, 1.165) is 12.0 Å². The van der Waals surface area contributed by atoms with Crippen LogP contribution in [-0.4, -0.2) is 62.8 Å². The molecule has 0 fully saturated rings. The fourth-order valence-corrected chi connectivity index (χ4v) is 4.67. The first-order valence-electron chi connectivity index (χ1n) is 12.8. The summed E-state index contributed by atoms with van der Waals surface area (Å²) in [6.45, 7) is 4.42. The number of imidazole rings is 1. The number of fused-ring (bicyclic) bond motifs is 7. The highest BCUT2D eigenvalue weighted by atomic mass is 19.4. The number of aromatic nitrogens is 4. The van der Waals surface area contributed by atoms with E-state index < -0.39 is 30.7 Å². The maximum absolute atomic E-state index is 13.3. The van der Waals surface area contributed by atoms with Crippen LogP contribution in [-0.2, 0) is 0 Å². The zero-order valence-electron chi connectivity index (χ0n) is 21.8. The summed E-state index contributed by atoms with van der Waals surface area (Å²) in [7, 11) is 1.52. The Labute approximate surface area is 219 Å². The van der Waals surface area contributed by atoms with Crippen LogP contribution in [0.2, 0.25) is 0 Å². The second-order valence-corrected chi connectivity index (χ2v) is 9.37. The lowest BCUT2D eigenvalue weighted by atomic mass is 10.0. The summed E-state index contributed by atoms with van der Waals surface area (Å²) in [4.78, 5) is 28.4. The number of nitrogens with zero attached hydrogens (tertiary/aromatic N) is 5. The van der Waals surface area contributed by atoms with Gasteiger partial charge in [0.1, 0.15) is 0 Å². The number of alkyl halides is 3. The van der Waals surface area contributed by atoms with Gasteiger partial charge in [-0.15, -0.1) is 0 Å². The number of nitrogens with one attached hydrogen (secondary N) is 1. The van der Waals surface area contributed by atoms with Crippen LogP contribution < -0.4 is 14.8 Å². The van der Waals surface area contributed by atoms with Crippen molar-refractivity contribution in [2.24, 2.45) is 0 Å². The lowest BCUT2D eigenvalue weighted by Crippen LogP contribution is -2.46. The topological polar surface area (TPSA) is 93.9 Å². The minimum Gasteiger partial charge on any atom is -0.481 e. The Kier molecular flexibility index (Phi) is 8.58. The summed E-state index contributed by atoms with van der Waals surface area (Å²) in [5, 5.41) is 2.86. The van der Waals surface area contributed by atoms with Gasteiger partial charge in [-0.3, -0.25) is 0 Å². The van der Waals surface area contributed by atoms with E-state index in [0.29, 0.717) is 61.1 Å². The van der Waals surface area contributed by atoms with Gasteiger partial charge in [0.25, 0.3) is 5.88 Å².